The normalized spacial score (nSPS) is 21.5. The molecule has 1 saturated heterocycles. The third-order valence-electron chi connectivity index (χ3n) is 3.70. The van der Waals surface area contributed by atoms with E-state index >= 15 is 0 Å². The predicted molar refractivity (Wildman–Crippen MR) is 71.6 cm³/mol. The van der Waals surface area contributed by atoms with Crippen LogP contribution in [0.25, 0.3) is 0 Å². The van der Waals surface area contributed by atoms with E-state index in [9.17, 15) is 5.11 Å². The van der Waals surface area contributed by atoms with E-state index in [1.807, 2.05) is 14.1 Å². The van der Waals surface area contributed by atoms with Crippen molar-refractivity contribution in [1.82, 2.24) is 5.32 Å². The molecule has 0 aromatic heterocycles. The minimum absolute atomic E-state index is 0.244. The largest absolute Gasteiger partial charge is 0.396 e. The lowest BCUT2D eigenvalue weighted by Gasteiger charge is -2.22. The Labute approximate surface area is 103 Å². The molecule has 2 unspecified atom stereocenters. The van der Waals surface area contributed by atoms with Crippen molar-refractivity contribution in [3.05, 3.63) is 29.8 Å². The average molecular weight is 234 g/mol. The lowest BCUT2D eigenvalue weighted by atomic mass is 9.86. The van der Waals surface area contributed by atoms with E-state index in [4.69, 9.17) is 0 Å². The molecule has 0 aliphatic carbocycles. The van der Waals surface area contributed by atoms with Gasteiger partial charge in [0.2, 0.25) is 0 Å². The van der Waals surface area contributed by atoms with Gasteiger partial charge in [-0.15, -0.1) is 0 Å². The molecular weight excluding hydrogens is 212 g/mol. The van der Waals surface area contributed by atoms with Crippen LogP contribution in [-0.4, -0.2) is 38.9 Å². The fourth-order valence-corrected chi connectivity index (χ4v) is 2.57. The Kier molecular flexibility index (Phi) is 4.02. The molecule has 1 heterocycles. The summed E-state index contributed by atoms with van der Waals surface area (Å²) in [6.07, 6.45) is 1.17. The van der Waals surface area contributed by atoms with Crippen LogP contribution in [0.15, 0.2) is 24.3 Å². The van der Waals surface area contributed by atoms with E-state index in [0.29, 0.717) is 5.92 Å². The summed E-state index contributed by atoms with van der Waals surface area (Å²) in [4.78, 5) is 2.09. The first-order valence-electron chi connectivity index (χ1n) is 6.31. The number of aliphatic hydroxyl groups excluding tert-OH is 1. The SMILES string of the molecule is CN(C)c1ccc(C(CO)C2CCNC2)cc1. The Morgan fingerprint density at radius 1 is 1.35 bits per heavy atom. The number of nitrogens with one attached hydrogen (secondary N) is 1. The van der Waals surface area contributed by atoms with Gasteiger partial charge < -0.3 is 15.3 Å². The van der Waals surface area contributed by atoms with Gasteiger partial charge >= 0.3 is 0 Å². The molecule has 3 heteroatoms. The van der Waals surface area contributed by atoms with Crippen molar-refractivity contribution in [1.29, 1.82) is 0 Å². The van der Waals surface area contributed by atoms with Crippen molar-refractivity contribution >= 4 is 5.69 Å². The van der Waals surface area contributed by atoms with E-state index in [1.165, 1.54) is 17.7 Å². The number of hydrogen-bond donors (Lipinski definition) is 2. The fourth-order valence-electron chi connectivity index (χ4n) is 2.57. The van der Waals surface area contributed by atoms with Crippen molar-refractivity contribution in [2.24, 2.45) is 5.92 Å². The monoisotopic (exact) mass is 234 g/mol. The molecule has 0 radical (unpaired) electrons. The second-order valence-electron chi connectivity index (χ2n) is 5.03. The van der Waals surface area contributed by atoms with Gasteiger partial charge in [0.25, 0.3) is 0 Å². The van der Waals surface area contributed by atoms with E-state index in [2.05, 4.69) is 34.5 Å². The van der Waals surface area contributed by atoms with Crippen LogP contribution >= 0.6 is 0 Å². The van der Waals surface area contributed by atoms with Crippen LogP contribution in [0, 0.1) is 5.92 Å². The van der Waals surface area contributed by atoms with Crippen molar-refractivity contribution in [3.63, 3.8) is 0 Å². The Balaban J connectivity index is 2.13. The smallest absolute Gasteiger partial charge is 0.0502 e. The Morgan fingerprint density at radius 2 is 2.06 bits per heavy atom. The van der Waals surface area contributed by atoms with Crippen LogP contribution in [0.1, 0.15) is 17.9 Å². The topological polar surface area (TPSA) is 35.5 Å². The van der Waals surface area contributed by atoms with Gasteiger partial charge in [-0.05, 0) is 43.1 Å². The van der Waals surface area contributed by atoms with Gasteiger partial charge in [-0.2, -0.15) is 0 Å². The summed E-state index contributed by atoms with van der Waals surface area (Å²) in [6, 6.07) is 8.55. The molecule has 1 aromatic carbocycles. The molecular formula is C14H22N2O. The molecule has 94 valence electrons. The molecule has 17 heavy (non-hydrogen) atoms. The maximum absolute atomic E-state index is 9.58. The Hall–Kier alpha value is -1.06. The zero-order valence-electron chi connectivity index (χ0n) is 10.7. The predicted octanol–water partition coefficient (Wildman–Crippen LogP) is 1.44. The minimum Gasteiger partial charge on any atom is -0.396 e. The second kappa shape index (κ2) is 5.52. The van der Waals surface area contributed by atoms with Gasteiger partial charge in [0.1, 0.15) is 0 Å². The minimum atomic E-state index is 0.244. The number of anilines is 1. The number of benzene rings is 1. The van der Waals surface area contributed by atoms with E-state index in [-0.39, 0.29) is 12.5 Å². The quantitative estimate of drug-likeness (QED) is 0.827. The van der Waals surface area contributed by atoms with Crippen molar-refractivity contribution in [3.8, 4) is 0 Å². The molecule has 1 fully saturated rings. The summed E-state index contributed by atoms with van der Waals surface area (Å²) in [6.45, 7) is 2.35. The highest BCUT2D eigenvalue weighted by Crippen LogP contribution is 2.29. The molecule has 0 spiro atoms. The Bertz CT molecular complexity index is 342. The van der Waals surface area contributed by atoms with Crippen LogP contribution < -0.4 is 10.2 Å². The van der Waals surface area contributed by atoms with Crippen LogP contribution in [-0.2, 0) is 0 Å². The van der Waals surface area contributed by atoms with E-state index < -0.39 is 0 Å². The van der Waals surface area contributed by atoms with Crippen LogP contribution in [0.2, 0.25) is 0 Å². The Morgan fingerprint density at radius 3 is 2.53 bits per heavy atom. The third-order valence-corrected chi connectivity index (χ3v) is 3.70. The highest BCUT2D eigenvalue weighted by Gasteiger charge is 2.25. The first kappa shape index (κ1) is 12.4. The molecule has 1 aliphatic heterocycles. The third kappa shape index (κ3) is 2.79. The van der Waals surface area contributed by atoms with Crippen LogP contribution in [0.5, 0.6) is 0 Å². The second-order valence-corrected chi connectivity index (χ2v) is 5.03. The summed E-state index contributed by atoms with van der Waals surface area (Å²) in [5.41, 5.74) is 2.46. The van der Waals surface area contributed by atoms with Crippen molar-refractivity contribution < 1.29 is 5.11 Å². The van der Waals surface area contributed by atoms with Gasteiger partial charge in [-0.1, -0.05) is 12.1 Å². The zero-order valence-corrected chi connectivity index (χ0v) is 10.7. The molecule has 1 aromatic rings. The van der Waals surface area contributed by atoms with Crippen LogP contribution in [0.3, 0.4) is 0 Å². The first-order chi connectivity index (χ1) is 8.22. The van der Waals surface area contributed by atoms with Crippen molar-refractivity contribution in [2.45, 2.75) is 12.3 Å². The van der Waals surface area contributed by atoms with Gasteiger partial charge in [-0.25, -0.2) is 0 Å². The highest BCUT2D eigenvalue weighted by atomic mass is 16.3. The van der Waals surface area contributed by atoms with Crippen molar-refractivity contribution in [2.75, 3.05) is 38.7 Å². The fraction of sp³-hybridized carbons (Fsp3) is 0.571. The van der Waals surface area contributed by atoms with E-state index in [0.717, 1.165) is 13.1 Å². The number of aliphatic hydroxyl groups is 1. The van der Waals surface area contributed by atoms with Gasteiger partial charge in [0.15, 0.2) is 0 Å². The maximum Gasteiger partial charge on any atom is 0.0502 e. The highest BCUT2D eigenvalue weighted by molar-refractivity contribution is 5.46. The summed E-state index contributed by atoms with van der Waals surface area (Å²) >= 11 is 0. The first-order valence-corrected chi connectivity index (χ1v) is 6.31. The lowest BCUT2D eigenvalue weighted by Crippen LogP contribution is -2.19. The molecule has 2 N–H and O–H groups in total. The van der Waals surface area contributed by atoms with Gasteiger partial charge in [0, 0.05) is 25.7 Å². The summed E-state index contributed by atoms with van der Waals surface area (Å²) in [5, 5.41) is 12.9. The number of hydrogen-bond acceptors (Lipinski definition) is 3. The maximum atomic E-state index is 9.58. The summed E-state index contributed by atoms with van der Waals surface area (Å²) in [7, 11) is 4.08. The standard InChI is InChI=1S/C14H22N2O/c1-16(2)13-5-3-11(4-6-13)14(10-17)12-7-8-15-9-12/h3-6,12,14-15,17H,7-10H2,1-2H3. The number of nitrogens with zero attached hydrogens (tertiary/aromatic N) is 1. The molecule has 0 saturated carbocycles. The zero-order chi connectivity index (χ0) is 12.3. The lowest BCUT2D eigenvalue weighted by molar-refractivity contribution is 0.231. The molecule has 3 nitrogen and oxygen atoms in total. The van der Waals surface area contributed by atoms with Gasteiger partial charge in [-0.3, -0.25) is 0 Å². The summed E-state index contributed by atoms with van der Waals surface area (Å²) in [5.74, 6) is 0.853. The number of rotatable bonds is 4. The molecule has 0 amide bonds. The van der Waals surface area contributed by atoms with E-state index in [1.54, 1.807) is 0 Å². The molecule has 0 bridgehead atoms. The molecule has 2 atom stereocenters. The van der Waals surface area contributed by atoms with Crippen LogP contribution in [0.4, 0.5) is 5.69 Å². The summed E-state index contributed by atoms with van der Waals surface area (Å²) < 4.78 is 0. The molecule has 1 aliphatic rings. The molecule has 2 rings (SSSR count). The van der Waals surface area contributed by atoms with Gasteiger partial charge in [0.05, 0.1) is 6.61 Å². The average Bonchev–Trinajstić information content (AvgIpc) is 2.84.